The van der Waals surface area contributed by atoms with Crippen LogP contribution in [-0.2, 0) is 0 Å². The fraction of sp³-hybridized carbons (Fsp3) is 0.462. The van der Waals surface area contributed by atoms with Crippen molar-refractivity contribution in [2.24, 2.45) is 0 Å². The minimum absolute atomic E-state index is 0.677. The van der Waals surface area contributed by atoms with Crippen molar-refractivity contribution in [3.8, 4) is 6.07 Å². The highest BCUT2D eigenvalue weighted by molar-refractivity contribution is 9.10. The second-order valence-electron chi connectivity index (χ2n) is 3.79. The van der Waals surface area contributed by atoms with Gasteiger partial charge in [0.05, 0.1) is 5.56 Å². The first-order chi connectivity index (χ1) is 7.77. The third kappa shape index (κ3) is 4.24. The van der Waals surface area contributed by atoms with Gasteiger partial charge in [-0.25, -0.2) is 0 Å². The Morgan fingerprint density at radius 2 is 2.12 bits per heavy atom. The van der Waals surface area contributed by atoms with Gasteiger partial charge in [0, 0.05) is 16.7 Å². The van der Waals surface area contributed by atoms with E-state index >= 15 is 0 Å². The molecule has 3 heteroatoms. The molecule has 0 amide bonds. The number of benzene rings is 1. The minimum atomic E-state index is 0.677. The molecule has 0 aliphatic heterocycles. The largest absolute Gasteiger partial charge is 0.385 e. The number of rotatable bonds is 6. The highest BCUT2D eigenvalue weighted by atomic mass is 79.9. The van der Waals surface area contributed by atoms with Gasteiger partial charge in [-0.05, 0) is 40.5 Å². The molecule has 0 heterocycles. The molecule has 0 unspecified atom stereocenters. The molecule has 0 saturated heterocycles. The smallest absolute Gasteiger partial charge is 0.100 e. The van der Waals surface area contributed by atoms with Crippen LogP contribution in [0.5, 0.6) is 0 Å². The molecule has 0 fully saturated rings. The van der Waals surface area contributed by atoms with Gasteiger partial charge in [-0.3, -0.25) is 0 Å². The minimum Gasteiger partial charge on any atom is -0.385 e. The summed E-state index contributed by atoms with van der Waals surface area (Å²) in [6, 6.07) is 7.87. The predicted octanol–water partition coefficient (Wildman–Crippen LogP) is 4.31. The van der Waals surface area contributed by atoms with E-state index in [0.29, 0.717) is 5.56 Å². The van der Waals surface area contributed by atoms with Gasteiger partial charge in [-0.2, -0.15) is 5.26 Å². The van der Waals surface area contributed by atoms with Crippen molar-refractivity contribution in [1.82, 2.24) is 0 Å². The zero-order valence-corrected chi connectivity index (χ0v) is 11.2. The van der Waals surface area contributed by atoms with Crippen LogP contribution in [0, 0.1) is 11.3 Å². The fourth-order valence-electron chi connectivity index (χ4n) is 1.50. The van der Waals surface area contributed by atoms with Gasteiger partial charge in [0.15, 0.2) is 0 Å². The lowest BCUT2D eigenvalue weighted by atomic mass is 10.2. The summed E-state index contributed by atoms with van der Waals surface area (Å²) in [6.07, 6.45) is 5.05. The van der Waals surface area contributed by atoms with Crippen molar-refractivity contribution in [2.45, 2.75) is 32.6 Å². The highest BCUT2D eigenvalue weighted by Crippen LogP contribution is 2.20. The maximum Gasteiger partial charge on any atom is 0.100 e. The summed E-state index contributed by atoms with van der Waals surface area (Å²) in [6.45, 7) is 3.21. The van der Waals surface area contributed by atoms with Crippen molar-refractivity contribution in [3.63, 3.8) is 0 Å². The molecular formula is C13H17BrN2. The van der Waals surface area contributed by atoms with E-state index < -0.39 is 0 Å². The van der Waals surface area contributed by atoms with E-state index in [0.717, 1.165) is 16.7 Å². The van der Waals surface area contributed by atoms with Crippen molar-refractivity contribution < 1.29 is 0 Å². The van der Waals surface area contributed by atoms with Gasteiger partial charge in [-0.1, -0.05) is 26.2 Å². The van der Waals surface area contributed by atoms with E-state index in [1.807, 2.05) is 18.2 Å². The summed E-state index contributed by atoms with van der Waals surface area (Å²) in [7, 11) is 0. The molecule has 1 aromatic rings. The van der Waals surface area contributed by atoms with Crippen LogP contribution in [0.3, 0.4) is 0 Å². The van der Waals surface area contributed by atoms with E-state index in [4.69, 9.17) is 5.26 Å². The number of halogens is 1. The van der Waals surface area contributed by atoms with Crippen LogP contribution in [0.1, 0.15) is 38.2 Å². The molecule has 0 saturated carbocycles. The Balaban J connectivity index is 2.38. The summed E-state index contributed by atoms with van der Waals surface area (Å²) >= 11 is 3.38. The van der Waals surface area contributed by atoms with Crippen LogP contribution in [-0.4, -0.2) is 6.54 Å². The predicted molar refractivity (Wildman–Crippen MR) is 71.5 cm³/mol. The number of hydrogen-bond donors (Lipinski definition) is 1. The molecule has 1 N–H and O–H groups in total. The standard InChI is InChI=1S/C13H17BrN2/c1-2-3-4-5-8-16-12-7-6-11(10-15)13(14)9-12/h6-7,9,16H,2-5,8H2,1H3. The summed E-state index contributed by atoms with van der Waals surface area (Å²) in [5.41, 5.74) is 1.75. The number of anilines is 1. The molecule has 0 aliphatic carbocycles. The maximum atomic E-state index is 8.78. The molecule has 0 bridgehead atoms. The lowest BCUT2D eigenvalue weighted by Crippen LogP contribution is -2.01. The molecule has 2 nitrogen and oxygen atoms in total. The quantitative estimate of drug-likeness (QED) is 0.788. The van der Waals surface area contributed by atoms with E-state index in [2.05, 4.69) is 34.2 Å². The molecule has 0 spiro atoms. The fourth-order valence-corrected chi connectivity index (χ4v) is 1.97. The van der Waals surface area contributed by atoms with Crippen LogP contribution >= 0.6 is 15.9 Å². The SMILES string of the molecule is CCCCCCNc1ccc(C#N)c(Br)c1. The van der Waals surface area contributed by atoms with Gasteiger partial charge in [-0.15, -0.1) is 0 Å². The third-order valence-corrected chi connectivity index (χ3v) is 3.11. The van der Waals surface area contributed by atoms with Crippen molar-refractivity contribution in [1.29, 1.82) is 5.26 Å². The number of nitrogens with one attached hydrogen (secondary N) is 1. The average Bonchev–Trinajstić information content (AvgIpc) is 2.29. The Morgan fingerprint density at radius 1 is 1.31 bits per heavy atom. The first kappa shape index (κ1) is 13.1. The Hall–Kier alpha value is -1.01. The van der Waals surface area contributed by atoms with E-state index in [1.54, 1.807) is 0 Å². The van der Waals surface area contributed by atoms with Gasteiger partial charge in [0.1, 0.15) is 6.07 Å². The van der Waals surface area contributed by atoms with Crippen molar-refractivity contribution in [2.75, 3.05) is 11.9 Å². The highest BCUT2D eigenvalue weighted by Gasteiger charge is 1.99. The van der Waals surface area contributed by atoms with Crippen LogP contribution < -0.4 is 5.32 Å². The van der Waals surface area contributed by atoms with Crippen molar-refractivity contribution in [3.05, 3.63) is 28.2 Å². The summed E-state index contributed by atoms with van der Waals surface area (Å²) in [5, 5.41) is 12.1. The van der Waals surface area contributed by atoms with E-state index in [9.17, 15) is 0 Å². The Kier molecular flexibility index (Phi) is 5.95. The van der Waals surface area contributed by atoms with Gasteiger partial charge in [0.25, 0.3) is 0 Å². The monoisotopic (exact) mass is 280 g/mol. The molecule has 16 heavy (non-hydrogen) atoms. The van der Waals surface area contributed by atoms with Crippen LogP contribution in [0.15, 0.2) is 22.7 Å². The zero-order chi connectivity index (χ0) is 11.8. The molecular weight excluding hydrogens is 264 g/mol. The lowest BCUT2D eigenvalue weighted by Gasteiger charge is -2.07. The number of unbranched alkanes of at least 4 members (excludes halogenated alkanes) is 3. The van der Waals surface area contributed by atoms with Gasteiger partial charge in [0.2, 0.25) is 0 Å². The summed E-state index contributed by atoms with van der Waals surface area (Å²) in [4.78, 5) is 0. The molecule has 1 rings (SSSR count). The van der Waals surface area contributed by atoms with Gasteiger partial charge >= 0.3 is 0 Å². The van der Waals surface area contributed by atoms with Crippen LogP contribution in [0.4, 0.5) is 5.69 Å². The average molecular weight is 281 g/mol. The number of hydrogen-bond acceptors (Lipinski definition) is 2. The van der Waals surface area contributed by atoms with E-state index in [-0.39, 0.29) is 0 Å². The summed E-state index contributed by atoms with van der Waals surface area (Å²) in [5.74, 6) is 0. The molecule has 0 atom stereocenters. The molecule has 0 aliphatic rings. The second kappa shape index (κ2) is 7.29. The van der Waals surface area contributed by atoms with Crippen LogP contribution in [0.25, 0.3) is 0 Å². The first-order valence-corrected chi connectivity index (χ1v) is 6.50. The Labute approximate surface area is 106 Å². The van der Waals surface area contributed by atoms with Crippen molar-refractivity contribution >= 4 is 21.6 Å². The normalized spacial score (nSPS) is 9.81. The number of nitrogens with zero attached hydrogens (tertiary/aromatic N) is 1. The number of nitriles is 1. The maximum absolute atomic E-state index is 8.78. The molecule has 1 aromatic carbocycles. The molecule has 0 aromatic heterocycles. The third-order valence-electron chi connectivity index (χ3n) is 2.45. The summed E-state index contributed by atoms with van der Waals surface area (Å²) < 4.78 is 0.855. The van der Waals surface area contributed by atoms with Gasteiger partial charge < -0.3 is 5.32 Å². The molecule has 0 radical (unpaired) electrons. The Morgan fingerprint density at radius 3 is 2.75 bits per heavy atom. The second-order valence-corrected chi connectivity index (χ2v) is 4.65. The first-order valence-electron chi connectivity index (χ1n) is 5.71. The Bertz CT molecular complexity index is 369. The van der Waals surface area contributed by atoms with Crippen LogP contribution in [0.2, 0.25) is 0 Å². The lowest BCUT2D eigenvalue weighted by molar-refractivity contribution is 0.685. The molecule has 86 valence electrons. The topological polar surface area (TPSA) is 35.8 Å². The zero-order valence-electron chi connectivity index (χ0n) is 9.59. The van der Waals surface area contributed by atoms with E-state index in [1.165, 1.54) is 25.7 Å².